The third-order valence-corrected chi connectivity index (χ3v) is 6.73. The van der Waals surface area contributed by atoms with Crippen molar-refractivity contribution in [2.24, 2.45) is 5.41 Å². The first-order valence-corrected chi connectivity index (χ1v) is 10.5. The van der Waals surface area contributed by atoms with Gasteiger partial charge in [0.2, 0.25) is 17.4 Å². The number of halogens is 1. The summed E-state index contributed by atoms with van der Waals surface area (Å²) >= 11 is 0. The molecule has 2 N–H and O–H groups in total. The number of carbonyl (C=O) groups excluding carboxylic acids is 3. The molecular weight excluding hydrogens is 433 g/mol. The number of benzene rings is 1. The number of nitrogens with zero attached hydrogens (tertiary/aromatic N) is 3. The molecule has 3 aromatic rings. The summed E-state index contributed by atoms with van der Waals surface area (Å²) in [6.07, 6.45) is 2.49. The Balaban J connectivity index is 1.60. The van der Waals surface area contributed by atoms with Gasteiger partial charge in [-0.15, -0.1) is 0 Å². The minimum atomic E-state index is -1.67. The molecule has 2 saturated heterocycles. The van der Waals surface area contributed by atoms with Crippen molar-refractivity contribution in [2.45, 2.75) is 25.5 Å². The number of anilines is 1. The van der Waals surface area contributed by atoms with E-state index in [0.717, 1.165) is 0 Å². The summed E-state index contributed by atoms with van der Waals surface area (Å²) < 4.78 is 27.1. The molecule has 0 aliphatic carbocycles. The molecule has 3 aliphatic rings. The van der Waals surface area contributed by atoms with Crippen molar-refractivity contribution < 1.29 is 28.0 Å². The largest absolute Gasteiger partial charge is 0.374 e. The molecule has 168 valence electrons. The van der Waals surface area contributed by atoms with E-state index in [0.29, 0.717) is 22.2 Å². The van der Waals surface area contributed by atoms with Crippen molar-refractivity contribution in [1.29, 1.82) is 0 Å². The number of morpholine rings is 1. The van der Waals surface area contributed by atoms with Crippen LogP contribution in [0.25, 0.3) is 22.2 Å². The van der Waals surface area contributed by atoms with Gasteiger partial charge in [-0.2, -0.15) is 0 Å². The molecule has 1 aromatic carbocycles. The molecule has 3 aliphatic heterocycles. The minimum absolute atomic E-state index is 0.0119. The van der Waals surface area contributed by atoms with Gasteiger partial charge < -0.3 is 14.2 Å². The molecule has 0 bridgehead atoms. The zero-order valence-electron chi connectivity index (χ0n) is 17.4. The van der Waals surface area contributed by atoms with Crippen LogP contribution in [0, 0.1) is 11.2 Å². The van der Waals surface area contributed by atoms with Crippen molar-refractivity contribution in [3.05, 3.63) is 42.0 Å². The fourth-order valence-electron chi connectivity index (χ4n) is 5.38. The van der Waals surface area contributed by atoms with Crippen molar-refractivity contribution >= 4 is 34.5 Å². The van der Waals surface area contributed by atoms with Crippen LogP contribution in [0.15, 0.2) is 35.1 Å². The Kier molecular flexibility index (Phi) is 4.09. The number of hydrogen-bond acceptors (Lipinski definition) is 8. The van der Waals surface area contributed by atoms with Gasteiger partial charge >= 0.3 is 6.03 Å². The molecule has 10 nitrogen and oxygen atoms in total. The van der Waals surface area contributed by atoms with Gasteiger partial charge in [0, 0.05) is 30.9 Å². The quantitative estimate of drug-likeness (QED) is 0.534. The monoisotopic (exact) mass is 451 g/mol. The zero-order valence-corrected chi connectivity index (χ0v) is 17.4. The number of urea groups is 1. The molecule has 33 heavy (non-hydrogen) atoms. The normalized spacial score (nSPS) is 23.8. The fourth-order valence-corrected chi connectivity index (χ4v) is 5.38. The van der Waals surface area contributed by atoms with Crippen molar-refractivity contribution in [2.75, 3.05) is 18.1 Å². The van der Waals surface area contributed by atoms with E-state index >= 15 is 4.39 Å². The topological polar surface area (TPSA) is 127 Å². The minimum Gasteiger partial charge on any atom is -0.374 e. The Hall–Kier alpha value is -3.86. The number of pyridine rings is 1. The van der Waals surface area contributed by atoms with Gasteiger partial charge in [0.1, 0.15) is 5.69 Å². The first kappa shape index (κ1) is 19.8. The van der Waals surface area contributed by atoms with Crippen LogP contribution in [0.5, 0.6) is 0 Å². The predicted molar refractivity (Wildman–Crippen MR) is 112 cm³/mol. The van der Waals surface area contributed by atoms with E-state index in [1.165, 1.54) is 0 Å². The number of rotatable bonds is 1. The van der Waals surface area contributed by atoms with E-state index in [9.17, 15) is 14.4 Å². The number of nitrogens with one attached hydrogen (secondary N) is 2. The van der Waals surface area contributed by atoms with Gasteiger partial charge in [-0.1, -0.05) is 5.16 Å². The number of carbonyl (C=O) groups is 3. The fraction of sp³-hybridized carbons (Fsp3) is 0.318. The maximum atomic E-state index is 15.9. The average molecular weight is 451 g/mol. The number of fused-ring (bicyclic) bond motifs is 5. The second kappa shape index (κ2) is 6.82. The Morgan fingerprint density at radius 1 is 1.18 bits per heavy atom. The first-order chi connectivity index (χ1) is 15.9. The van der Waals surface area contributed by atoms with Crippen LogP contribution in [0.4, 0.5) is 14.9 Å². The van der Waals surface area contributed by atoms with Gasteiger partial charge in [-0.3, -0.25) is 25.2 Å². The van der Waals surface area contributed by atoms with E-state index in [-0.39, 0.29) is 30.8 Å². The lowest BCUT2D eigenvalue weighted by Crippen LogP contribution is -2.74. The molecule has 0 unspecified atom stereocenters. The van der Waals surface area contributed by atoms with Crippen LogP contribution in [0.3, 0.4) is 0 Å². The second-order valence-corrected chi connectivity index (χ2v) is 8.44. The molecule has 2 aromatic heterocycles. The van der Waals surface area contributed by atoms with Crippen LogP contribution in [-0.4, -0.2) is 53.3 Å². The maximum Gasteiger partial charge on any atom is 0.328 e. The summed E-state index contributed by atoms with van der Waals surface area (Å²) in [5, 5.41) is 8.92. The molecule has 0 radical (unpaired) electrons. The molecule has 0 saturated carbocycles. The lowest BCUT2D eigenvalue weighted by molar-refractivity contribution is -0.151. The van der Waals surface area contributed by atoms with Crippen LogP contribution < -0.4 is 15.5 Å². The van der Waals surface area contributed by atoms with Gasteiger partial charge in [-0.05, 0) is 30.7 Å². The highest BCUT2D eigenvalue weighted by molar-refractivity contribution is 6.20. The van der Waals surface area contributed by atoms with Crippen LogP contribution in [0.2, 0.25) is 0 Å². The Morgan fingerprint density at radius 3 is 2.64 bits per heavy atom. The van der Waals surface area contributed by atoms with Crippen LogP contribution >= 0.6 is 0 Å². The van der Waals surface area contributed by atoms with Crippen LogP contribution in [-0.2, 0) is 20.7 Å². The summed E-state index contributed by atoms with van der Waals surface area (Å²) in [6.45, 7) is 2.27. The Morgan fingerprint density at radius 2 is 1.91 bits per heavy atom. The molecule has 6 rings (SSSR count). The molecule has 4 amide bonds. The molecule has 5 heterocycles. The summed E-state index contributed by atoms with van der Waals surface area (Å²) in [5.74, 6) is -2.07. The van der Waals surface area contributed by atoms with E-state index in [4.69, 9.17) is 9.26 Å². The molecule has 11 heteroatoms. The number of imide groups is 2. The zero-order chi connectivity index (χ0) is 22.9. The average Bonchev–Trinajstić information content (AvgIpc) is 3.22. The lowest BCUT2D eigenvalue weighted by Gasteiger charge is -2.54. The summed E-state index contributed by atoms with van der Waals surface area (Å²) in [4.78, 5) is 43.8. The highest BCUT2D eigenvalue weighted by Gasteiger charge is 2.62. The smallest absolute Gasteiger partial charge is 0.328 e. The molecule has 2 atom stereocenters. The summed E-state index contributed by atoms with van der Waals surface area (Å²) in [5.41, 5.74) is 0.127. The number of ether oxygens (including phenoxy) is 1. The third-order valence-electron chi connectivity index (χ3n) is 6.73. The predicted octanol–water partition coefficient (Wildman–Crippen LogP) is 1.53. The maximum absolute atomic E-state index is 15.9. The molecular formula is C22H18FN5O5. The summed E-state index contributed by atoms with van der Waals surface area (Å²) in [6, 6.07) is 3.46. The Labute approximate surface area is 186 Å². The SMILES string of the molecule is C[C@@H]1OCCN2c3c(cc4c(-c5ccncc5)noc4c3F)CC3(C(=O)NC(=O)NC3=O)[C@@H]12. The number of aromatic nitrogens is 2. The highest BCUT2D eigenvalue weighted by atomic mass is 19.1. The van der Waals surface area contributed by atoms with Gasteiger partial charge in [0.25, 0.3) is 0 Å². The van der Waals surface area contributed by atoms with E-state index in [2.05, 4.69) is 20.8 Å². The Bertz CT molecular complexity index is 1320. The number of hydrogen-bond donors (Lipinski definition) is 2. The summed E-state index contributed by atoms with van der Waals surface area (Å²) in [7, 11) is 0. The standard InChI is InChI=1S/C22H18FN5O5/c1-10-18-22(19(29)25-21(31)26-20(22)30)9-12-8-13-15(11-2-4-24-5-3-11)27-33-17(13)14(23)16(12)28(18)6-7-32-10/h2-5,8,10,18H,6-7,9H2,1H3,(H2,25,26,29,30,31)/t10-,18+/m0/s1. The lowest BCUT2D eigenvalue weighted by atomic mass is 9.66. The first-order valence-electron chi connectivity index (χ1n) is 10.5. The van der Waals surface area contributed by atoms with Crippen LogP contribution in [0.1, 0.15) is 12.5 Å². The highest BCUT2D eigenvalue weighted by Crippen LogP contribution is 2.49. The van der Waals surface area contributed by atoms with Crippen molar-refractivity contribution in [1.82, 2.24) is 20.8 Å². The van der Waals surface area contributed by atoms with E-state index < -0.39 is 41.2 Å². The van der Waals surface area contributed by atoms with Gasteiger partial charge in [0.15, 0.2) is 11.2 Å². The second-order valence-electron chi connectivity index (χ2n) is 8.44. The van der Waals surface area contributed by atoms with E-state index in [1.807, 2.05) is 0 Å². The molecule has 2 fully saturated rings. The van der Waals surface area contributed by atoms with Crippen molar-refractivity contribution in [3.63, 3.8) is 0 Å². The van der Waals surface area contributed by atoms with Gasteiger partial charge in [-0.25, -0.2) is 9.18 Å². The van der Waals surface area contributed by atoms with Gasteiger partial charge in [0.05, 0.1) is 29.8 Å². The molecule has 1 spiro atoms. The third kappa shape index (κ3) is 2.59. The van der Waals surface area contributed by atoms with E-state index in [1.54, 1.807) is 42.4 Å². The number of amides is 4. The van der Waals surface area contributed by atoms with Crippen molar-refractivity contribution in [3.8, 4) is 11.3 Å². The number of barbiturate groups is 1.